The number of ether oxygens (including phenoxy) is 2. The first-order chi connectivity index (χ1) is 16.5. The third kappa shape index (κ3) is 5.39. The molecule has 0 aliphatic rings. The highest BCUT2D eigenvalue weighted by Gasteiger charge is 2.13. The first kappa shape index (κ1) is 24.2. The van der Waals surface area contributed by atoms with E-state index in [1.54, 1.807) is 19.4 Å². The van der Waals surface area contributed by atoms with E-state index in [-0.39, 0.29) is 5.56 Å². The number of fused-ring (bicyclic) bond motifs is 1. The zero-order chi connectivity index (χ0) is 24.1. The van der Waals surface area contributed by atoms with Crippen LogP contribution in [0.4, 0.5) is 0 Å². The Labute approximate surface area is 214 Å². The second-order valence-electron chi connectivity index (χ2n) is 7.61. The lowest BCUT2D eigenvalue weighted by Crippen LogP contribution is -2.22. The van der Waals surface area contributed by atoms with Gasteiger partial charge in [-0.05, 0) is 63.8 Å². The van der Waals surface area contributed by atoms with Crippen molar-refractivity contribution in [3.05, 3.63) is 96.9 Å². The van der Waals surface area contributed by atoms with Crippen LogP contribution < -0.4 is 15.0 Å². The molecule has 34 heavy (non-hydrogen) atoms. The number of methoxy groups -OCH3 is 1. The lowest BCUT2D eigenvalue weighted by molar-refractivity contribution is 0.282. The van der Waals surface area contributed by atoms with Gasteiger partial charge in [-0.25, -0.2) is 4.98 Å². The van der Waals surface area contributed by atoms with Gasteiger partial charge in [0.15, 0.2) is 11.5 Å². The van der Waals surface area contributed by atoms with Crippen LogP contribution in [0.15, 0.2) is 79.5 Å². The Morgan fingerprint density at radius 3 is 2.62 bits per heavy atom. The third-order valence-corrected chi connectivity index (χ3v) is 6.23. The molecule has 6 nitrogen and oxygen atoms in total. The number of nitrogens with zero attached hydrogens (tertiary/aromatic N) is 3. The number of benzene rings is 3. The second-order valence-corrected chi connectivity index (χ2v) is 9.38. The van der Waals surface area contributed by atoms with Crippen LogP contribution in [0.1, 0.15) is 30.3 Å². The van der Waals surface area contributed by atoms with Gasteiger partial charge < -0.3 is 9.47 Å². The number of hydrogen-bond acceptors (Lipinski definition) is 5. The predicted molar refractivity (Wildman–Crippen MR) is 142 cm³/mol. The van der Waals surface area contributed by atoms with Gasteiger partial charge >= 0.3 is 0 Å². The van der Waals surface area contributed by atoms with E-state index in [0.717, 1.165) is 26.5 Å². The van der Waals surface area contributed by atoms with Crippen molar-refractivity contribution in [3.63, 3.8) is 0 Å². The van der Waals surface area contributed by atoms with Crippen molar-refractivity contribution in [2.75, 3.05) is 7.11 Å². The van der Waals surface area contributed by atoms with Gasteiger partial charge in [0, 0.05) is 10.9 Å². The van der Waals surface area contributed by atoms with Crippen molar-refractivity contribution in [2.45, 2.75) is 26.4 Å². The lowest BCUT2D eigenvalue weighted by atomic mass is 10.2. The largest absolute Gasteiger partial charge is 0.493 e. The maximum absolute atomic E-state index is 13.2. The summed E-state index contributed by atoms with van der Waals surface area (Å²) in [5, 5.41) is 5.01. The minimum Gasteiger partial charge on any atom is -0.493 e. The summed E-state index contributed by atoms with van der Waals surface area (Å²) in [5.74, 6) is 1.78. The van der Waals surface area contributed by atoms with Crippen LogP contribution in [0.2, 0.25) is 0 Å². The van der Waals surface area contributed by atoms with Gasteiger partial charge in [-0.2, -0.15) is 9.78 Å². The van der Waals surface area contributed by atoms with E-state index >= 15 is 0 Å². The molecule has 0 saturated heterocycles. The monoisotopic (exact) mass is 583 g/mol. The fraction of sp³-hybridized carbons (Fsp3) is 0.192. The van der Waals surface area contributed by atoms with Crippen LogP contribution in [-0.4, -0.2) is 23.0 Å². The van der Waals surface area contributed by atoms with Gasteiger partial charge in [0.1, 0.15) is 12.4 Å². The Morgan fingerprint density at radius 2 is 1.88 bits per heavy atom. The standard InChI is InChI=1S/C26H23Br2N3O3/c1-3-7-24-30-22-11-10-19(27)14-20(22)26(32)31(24)29-15-18-12-21(28)25(23(13-18)33-2)34-16-17-8-5-4-6-9-17/h4-6,8-15H,3,7,16H2,1-2H3. The Hall–Kier alpha value is -2.97. The molecule has 0 aliphatic heterocycles. The van der Waals surface area contributed by atoms with Crippen molar-refractivity contribution in [1.82, 2.24) is 9.66 Å². The smallest absolute Gasteiger partial charge is 0.282 e. The van der Waals surface area contributed by atoms with E-state index in [4.69, 9.17) is 9.47 Å². The summed E-state index contributed by atoms with van der Waals surface area (Å²) in [6.07, 6.45) is 3.11. The molecule has 0 unspecified atom stereocenters. The maximum atomic E-state index is 13.2. The molecule has 1 heterocycles. The molecule has 0 amide bonds. The number of hydrogen-bond donors (Lipinski definition) is 0. The van der Waals surface area contributed by atoms with Crippen molar-refractivity contribution in [1.29, 1.82) is 0 Å². The average molecular weight is 585 g/mol. The first-order valence-electron chi connectivity index (χ1n) is 10.8. The average Bonchev–Trinajstić information content (AvgIpc) is 2.84. The number of aromatic nitrogens is 2. The van der Waals surface area contributed by atoms with E-state index < -0.39 is 0 Å². The van der Waals surface area contributed by atoms with E-state index in [1.807, 2.05) is 61.5 Å². The zero-order valence-corrected chi connectivity index (χ0v) is 22.0. The molecule has 0 fully saturated rings. The van der Waals surface area contributed by atoms with E-state index in [2.05, 4.69) is 41.9 Å². The molecule has 0 bridgehead atoms. The van der Waals surface area contributed by atoms with Crippen molar-refractivity contribution >= 4 is 49.0 Å². The number of halogens is 2. The van der Waals surface area contributed by atoms with Crippen molar-refractivity contribution in [3.8, 4) is 11.5 Å². The maximum Gasteiger partial charge on any atom is 0.282 e. The molecule has 0 aliphatic carbocycles. The molecule has 0 radical (unpaired) electrons. The normalized spacial score (nSPS) is 11.3. The molecule has 8 heteroatoms. The van der Waals surface area contributed by atoms with Gasteiger partial charge in [-0.3, -0.25) is 4.79 Å². The summed E-state index contributed by atoms with van der Waals surface area (Å²) < 4.78 is 14.5. The highest BCUT2D eigenvalue weighted by Crippen LogP contribution is 2.37. The Morgan fingerprint density at radius 1 is 1.09 bits per heavy atom. The van der Waals surface area contributed by atoms with Crippen LogP contribution in [-0.2, 0) is 13.0 Å². The highest BCUT2D eigenvalue weighted by molar-refractivity contribution is 9.10. The molecular weight excluding hydrogens is 562 g/mol. The number of aryl methyl sites for hydroxylation is 1. The van der Waals surface area contributed by atoms with Gasteiger partial charge in [0.05, 0.1) is 28.7 Å². The van der Waals surface area contributed by atoms with Gasteiger partial charge in [-0.1, -0.05) is 53.2 Å². The molecule has 174 valence electrons. The fourth-order valence-electron chi connectivity index (χ4n) is 3.51. The summed E-state index contributed by atoms with van der Waals surface area (Å²) in [4.78, 5) is 17.9. The summed E-state index contributed by atoms with van der Waals surface area (Å²) in [5.41, 5.74) is 2.26. The van der Waals surface area contributed by atoms with Crippen molar-refractivity contribution < 1.29 is 9.47 Å². The SMILES string of the molecule is CCCc1nc2ccc(Br)cc2c(=O)n1N=Cc1cc(Br)c(OCc2ccccc2)c(OC)c1. The van der Waals surface area contributed by atoms with Gasteiger partial charge in [0.25, 0.3) is 5.56 Å². The summed E-state index contributed by atoms with van der Waals surface area (Å²) >= 11 is 7.01. The van der Waals surface area contributed by atoms with E-state index in [1.165, 1.54) is 4.68 Å². The molecular formula is C26H23Br2N3O3. The van der Waals surface area contributed by atoms with Gasteiger partial charge in [-0.15, -0.1) is 0 Å². The molecule has 0 spiro atoms. The fourth-order valence-corrected chi connectivity index (χ4v) is 4.44. The van der Waals surface area contributed by atoms with Crippen LogP contribution in [0, 0.1) is 0 Å². The van der Waals surface area contributed by atoms with Crippen LogP contribution in [0.5, 0.6) is 11.5 Å². The summed E-state index contributed by atoms with van der Waals surface area (Å²) in [7, 11) is 1.59. The van der Waals surface area contributed by atoms with Crippen LogP contribution in [0.25, 0.3) is 10.9 Å². The Balaban J connectivity index is 1.68. The lowest BCUT2D eigenvalue weighted by Gasteiger charge is -2.14. The second kappa shape index (κ2) is 11.0. The zero-order valence-electron chi connectivity index (χ0n) is 18.8. The highest BCUT2D eigenvalue weighted by atomic mass is 79.9. The Kier molecular flexibility index (Phi) is 7.80. The minimum absolute atomic E-state index is 0.208. The molecule has 0 saturated carbocycles. The molecule has 0 atom stereocenters. The molecule has 3 aromatic carbocycles. The molecule has 0 N–H and O–H groups in total. The molecule has 4 aromatic rings. The predicted octanol–water partition coefficient (Wildman–Crippen LogP) is 6.34. The van der Waals surface area contributed by atoms with Crippen LogP contribution in [0.3, 0.4) is 0 Å². The third-order valence-electron chi connectivity index (χ3n) is 5.15. The van der Waals surface area contributed by atoms with Gasteiger partial charge in [0.2, 0.25) is 0 Å². The summed E-state index contributed by atoms with van der Waals surface area (Å²) in [6, 6.07) is 19.1. The first-order valence-corrected chi connectivity index (χ1v) is 12.4. The molecule has 4 rings (SSSR count). The van der Waals surface area contributed by atoms with Crippen molar-refractivity contribution in [2.24, 2.45) is 5.10 Å². The quantitative estimate of drug-likeness (QED) is 0.227. The topological polar surface area (TPSA) is 65.7 Å². The number of rotatable bonds is 8. The summed E-state index contributed by atoms with van der Waals surface area (Å²) in [6.45, 7) is 2.46. The minimum atomic E-state index is -0.208. The molecule has 1 aromatic heterocycles. The van der Waals surface area contributed by atoms with E-state index in [0.29, 0.717) is 41.3 Å². The van der Waals surface area contributed by atoms with Crippen LogP contribution >= 0.6 is 31.9 Å². The Bertz CT molecular complexity index is 1400. The van der Waals surface area contributed by atoms with E-state index in [9.17, 15) is 4.79 Å².